The lowest BCUT2D eigenvalue weighted by Crippen LogP contribution is -2.52. The van der Waals surface area contributed by atoms with Crippen LogP contribution in [0.2, 0.25) is 0 Å². The fourth-order valence-electron chi connectivity index (χ4n) is 2.81. The Morgan fingerprint density at radius 3 is 1.52 bits per heavy atom. The second-order valence-corrected chi connectivity index (χ2v) is 6.65. The van der Waals surface area contributed by atoms with Gasteiger partial charge in [0.05, 0.1) is 19.8 Å². The third kappa shape index (κ3) is 11.2. The summed E-state index contributed by atoms with van der Waals surface area (Å²) < 4.78 is 24.4. The van der Waals surface area contributed by atoms with Crippen LogP contribution >= 0.6 is 0 Å². The predicted octanol–water partition coefficient (Wildman–Crippen LogP) is 6.08. The maximum atomic E-state index is 6.12. The van der Waals surface area contributed by atoms with Gasteiger partial charge >= 0.3 is 5.97 Å². The molecule has 0 N–H and O–H groups in total. The van der Waals surface area contributed by atoms with E-state index in [1.165, 1.54) is 32.1 Å². The van der Waals surface area contributed by atoms with Crippen LogP contribution in [-0.4, -0.2) is 38.5 Å². The Bertz CT molecular complexity index is 249. The molecule has 0 bridgehead atoms. The Labute approximate surface area is 156 Å². The second kappa shape index (κ2) is 17.3. The van der Waals surface area contributed by atoms with E-state index >= 15 is 0 Å². The summed E-state index contributed by atoms with van der Waals surface area (Å²) in [6, 6.07) is 0. The number of hydrogen-bond acceptors (Lipinski definition) is 4. The Balaban J connectivity index is 4.88. The molecule has 0 amide bonds. The monoisotopic (exact) mass is 360 g/mol. The summed E-state index contributed by atoms with van der Waals surface area (Å²) in [6.07, 6.45) is 11.1. The lowest BCUT2D eigenvalue weighted by molar-refractivity contribution is -0.418. The molecule has 0 fully saturated rings. The van der Waals surface area contributed by atoms with Gasteiger partial charge < -0.3 is 18.9 Å². The van der Waals surface area contributed by atoms with Gasteiger partial charge in [-0.15, -0.1) is 0 Å². The van der Waals surface area contributed by atoms with Crippen LogP contribution < -0.4 is 0 Å². The minimum absolute atomic E-state index is 0.173. The maximum Gasteiger partial charge on any atom is 0.310 e. The third-order valence-corrected chi connectivity index (χ3v) is 4.10. The van der Waals surface area contributed by atoms with Crippen LogP contribution in [0, 0.1) is 0 Å². The van der Waals surface area contributed by atoms with E-state index in [1.807, 2.05) is 6.92 Å². The van der Waals surface area contributed by atoms with E-state index in [0.29, 0.717) is 26.4 Å². The zero-order chi connectivity index (χ0) is 18.8. The molecule has 0 aliphatic rings. The van der Waals surface area contributed by atoms with E-state index < -0.39 is 5.97 Å². The normalized spacial score (nSPS) is 13.3. The Morgan fingerprint density at radius 1 is 0.600 bits per heavy atom. The minimum Gasteiger partial charge on any atom is -0.370 e. The topological polar surface area (TPSA) is 36.9 Å². The standard InChI is InChI=1S/C21H44O4/c1-6-11-12-13-14-15-16-20(22-10-5)21(23-17-7-2,24-18-8-3)25-19-9-4/h20H,6-19H2,1-5H3. The highest BCUT2D eigenvalue weighted by atomic mass is 16.9. The summed E-state index contributed by atoms with van der Waals surface area (Å²) in [5, 5.41) is 0. The molecule has 25 heavy (non-hydrogen) atoms. The quantitative estimate of drug-likeness (QED) is 0.207. The highest BCUT2D eigenvalue weighted by Crippen LogP contribution is 2.28. The van der Waals surface area contributed by atoms with Crippen LogP contribution in [0.25, 0.3) is 0 Å². The average molecular weight is 361 g/mol. The van der Waals surface area contributed by atoms with Gasteiger partial charge in [-0.05, 0) is 32.6 Å². The molecule has 0 aliphatic carbocycles. The van der Waals surface area contributed by atoms with E-state index in [1.54, 1.807) is 0 Å². The van der Waals surface area contributed by atoms with E-state index in [4.69, 9.17) is 18.9 Å². The first-order valence-corrected chi connectivity index (χ1v) is 10.7. The van der Waals surface area contributed by atoms with Crippen molar-refractivity contribution in [2.24, 2.45) is 0 Å². The lowest BCUT2D eigenvalue weighted by atomic mass is 10.1. The first-order chi connectivity index (χ1) is 12.2. The number of rotatable bonds is 19. The smallest absolute Gasteiger partial charge is 0.310 e. The molecule has 0 radical (unpaired) electrons. The zero-order valence-corrected chi connectivity index (χ0v) is 17.6. The van der Waals surface area contributed by atoms with E-state index in [-0.39, 0.29) is 6.10 Å². The molecule has 0 aromatic carbocycles. The van der Waals surface area contributed by atoms with Gasteiger partial charge in [-0.25, -0.2) is 0 Å². The van der Waals surface area contributed by atoms with Gasteiger partial charge in [-0.3, -0.25) is 0 Å². The number of unbranched alkanes of at least 4 members (excludes halogenated alkanes) is 5. The van der Waals surface area contributed by atoms with Crippen LogP contribution in [0.4, 0.5) is 0 Å². The molecule has 1 atom stereocenters. The van der Waals surface area contributed by atoms with Gasteiger partial charge in [0, 0.05) is 6.61 Å². The molecule has 0 saturated heterocycles. The molecule has 152 valence electrons. The minimum atomic E-state index is -1.05. The highest BCUT2D eigenvalue weighted by molar-refractivity contribution is 4.73. The van der Waals surface area contributed by atoms with Crippen molar-refractivity contribution in [3.63, 3.8) is 0 Å². The Morgan fingerprint density at radius 2 is 1.08 bits per heavy atom. The van der Waals surface area contributed by atoms with Crippen LogP contribution in [0.5, 0.6) is 0 Å². The molecule has 4 nitrogen and oxygen atoms in total. The first kappa shape index (κ1) is 24.8. The van der Waals surface area contributed by atoms with Gasteiger partial charge in [0.25, 0.3) is 0 Å². The zero-order valence-electron chi connectivity index (χ0n) is 17.6. The molecule has 0 saturated carbocycles. The predicted molar refractivity (Wildman–Crippen MR) is 105 cm³/mol. The summed E-state index contributed by atoms with van der Waals surface area (Å²) in [6.45, 7) is 13.1. The Kier molecular flexibility index (Phi) is 17.2. The fraction of sp³-hybridized carbons (Fsp3) is 1.00. The molecule has 0 heterocycles. The lowest BCUT2D eigenvalue weighted by Gasteiger charge is -2.39. The van der Waals surface area contributed by atoms with Crippen molar-refractivity contribution in [1.82, 2.24) is 0 Å². The van der Waals surface area contributed by atoms with Crippen molar-refractivity contribution in [2.75, 3.05) is 26.4 Å². The molecular formula is C21H44O4. The molecule has 0 aromatic rings. The highest BCUT2D eigenvalue weighted by Gasteiger charge is 2.43. The molecular weight excluding hydrogens is 316 g/mol. The van der Waals surface area contributed by atoms with Crippen molar-refractivity contribution in [1.29, 1.82) is 0 Å². The van der Waals surface area contributed by atoms with Crippen molar-refractivity contribution >= 4 is 0 Å². The van der Waals surface area contributed by atoms with E-state index in [9.17, 15) is 0 Å². The SMILES string of the molecule is CCCCCCCCC(OCC)C(OCCC)(OCCC)OCCC. The first-order valence-electron chi connectivity index (χ1n) is 10.7. The maximum absolute atomic E-state index is 6.12. The van der Waals surface area contributed by atoms with Crippen LogP contribution in [-0.2, 0) is 18.9 Å². The van der Waals surface area contributed by atoms with Gasteiger partial charge in [0.2, 0.25) is 0 Å². The molecule has 4 heteroatoms. The van der Waals surface area contributed by atoms with Crippen molar-refractivity contribution in [3.05, 3.63) is 0 Å². The van der Waals surface area contributed by atoms with E-state index in [2.05, 4.69) is 27.7 Å². The van der Waals surface area contributed by atoms with Gasteiger partial charge in [0.15, 0.2) is 0 Å². The molecule has 0 spiro atoms. The summed E-state index contributed by atoms with van der Waals surface area (Å²) in [5.74, 6) is -1.05. The summed E-state index contributed by atoms with van der Waals surface area (Å²) in [7, 11) is 0. The molecule has 0 aliphatic heterocycles. The van der Waals surface area contributed by atoms with Gasteiger partial charge in [0.1, 0.15) is 6.10 Å². The van der Waals surface area contributed by atoms with Crippen molar-refractivity contribution in [2.45, 2.75) is 111 Å². The summed E-state index contributed by atoms with van der Waals surface area (Å²) in [4.78, 5) is 0. The summed E-state index contributed by atoms with van der Waals surface area (Å²) >= 11 is 0. The van der Waals surface area contributed by atoms with Crippen LogP contribution in [0.3, 0.4) is 0 Å². The number of hydrogen-bond donors (Lipinski definition) is 0. The van der Waals surface area contributed by atoms with Crippen molar-refractivity contribution < 1.29 is 18.9 Å². The molecule has 0 aromatic heterocycles. The van der Waals surface area contributed by atoms with Gasteiger partial charge in [-0.2, -0.15) is 0 Å². The second-order valence-electron chi connectivity index (χ2n) is 6.65. The van der Waals surface area contributed by atoms with E-state index in [0.717, 1.165) is 32.1 Å². The average Bonchev–Trinajstić information content (AvgIpc) is 2.63. The largest absolute Gasteiger partial charge is 0.370 e. The molecule has 0 rings (SSSR count). The number of ether oxygens (including phenoxy) is 4. The third-order valence-electron chi connectivity index (χ3n) is 4.10. The van der Waals surface area contributed by atoms with Crippen molar-refractivity contribution in [3.8, 4) is 0 Å². The van der Waals surface area contributed by atoms with Crippen LogP contribution in [0.15, 0.2) is 0 Å². The van der Waals surface area contributed by atoms with Gasteiger partial charge in [-0.1, -0.05) is 66.2 Å². The summed E-state index contributed by atoms with van der Waals surface area (Å²) in [5.41, 5.74) is 0. The molecule has 1 unspecified atom stereocenters. The fourth-order valence-corrected chi connectivity index (χ4v) is 2.81. The van der Waals surface area contributed by atoms with Crippen LogP contribution in [0.1, 0.15) is 98.8 Å². The Hall–Kier alpha value is -0.160.